The molecule has 4 bridgehead atoms. The van der Waals surface area contributed by atoms with Crippen LogP contribution >= 0.6 is 19.4 Å². The summed E-state index contributed by atoms with van der Waals surface area (Å²) in [6, 6.07) is 4.53. The standard InChI is InChI=1S/C18H20ClO7P.2Na/c1-23-18(12-2-3-15(19)16(9-12)24-27(20,21)22)17(25-26-18)13-5-10-4-11(7-13)8-14(17)6-10;;/h2-3,5,9,11,13-14H,4,6-8H2,1H3,(H2,20,21,22);;/q;2*+1/p-2/t11-,13+,14-,17?,18?;;/m1../s1. The smallest absolute Gasteiger partial charge is 0.780 e. The number of allylic oxidation sites excluding steroid dienone is 1. The third-order valence-electron chi connectivity index (χ3n) is 6.48. The van der Waals surface area contributed by atoms with Crippen LogP contribution in [0, 0.1) is 17.8 Å². The molecule has 6 rings (SSSR count). The van der Waals surface area contributed by atoms with E-state index in [-0.39, 0.29) is 81.7 Å². The molecule has 4 aliphatic carbocycles. The zero-order chi connectivity index (χ0) is 19.0. The molecule has 1 heterocycles. The average Bonchev–Trinajstić information content (AvgIpc) is 2.56. The van der Waals surface area contributed by atoms with E-state index in [1.807, 2.05) is 0 Å². The van der Waals surface area contributed by atoms with Crippen molar-refractivity contribution in [3.63, 3.8) is 0 Å². The summed E-state index contributed by atoms with van der Waals surface area (Å²) in [5.74, 6) is -0.405. The van der Waals surface area contributed by atoms with Crippen LogP contribution < -0.4 is 73.4 Å². The zero-order valence-electron chi connectivity index (χ0n) is 16.6. The van der Waals surface area contributed by atoms with Gasteiger partial charge in [-0.15, -0.1) is 0 Å². The van der Waals surface area contributed by atoms with Gasteiger partial charge in [-0.2, -0.15) is 4.89 Å². The van der Waals surface area contributed by atoms with E-state index < -0.39 is 19.2 Å². The number of ether oxygens (including phenoxy) is 1. The van der Waals surface area contributed by atoms with Crippen LogP contribution in [0.2, 0.25) is 5.02 Å². The van der Waals surface area contributed by atoms with E-state index in [9.17, 15) is 14.4 Å². The molecule has 1 aromatic carbocycles. The van der Waals surface area contributed by atoms with E-state index >= 15 is 0 Å². The van der Waals surface area contributed by atoms with Crippen LogP contribution in [0.5, 0.6) is 5.75 Å². The van der Waals surface area contributed by atoms with Crippen LogP contribution in [-0.4, -0.2) is 12.7 Å². The maximum absolute atomic E-state index is 11.1. The van der Waals surface area contributed by atoms with Gasteiger partial charge in [0.05, 0.1) is 5.02 Å². The van der Waals surface area contributed by atoms with Gasteiger partial charge in [0.25, 0.3) is 5.79 Å². The molecule has 5 atom stereocenters. The molecule has 5 aliphatic rings. The van der Waals surface area contributed by atoms with Crippen LogP contribution in [0.3, 0.4) is 0 Å². The van der Waals surface area contributed by atoms with Gasteiger partial charge in [0.1, 0.15) is 13.6 Å². The summed E-state index contributed by atoms with van der Waals surface area (Å²) < 4.78 is 21.4. The van der Waals surface area contributed by atoms with Gasteiger partial charge < -0.3 is 23.6 Å². The van der Waals surface area contributed by atoms with Crippen LogP contribution in [0.4, 0.5) is 0 Å². The number of hydrogen-bond acceptors (Lipinski definition) is 7. The topological polar surface area (TPSA) is 100 Å². The number of hydrogen-bond donors (Lipinski definition) is 0. The quantitative estimate of drug-likeness (QED) is 0.199. The molecular formula is C18H18ClNa2O7P. The maximum Gasteiger partial charge on any atom is 1.00 e. The second-order valence-electron chi connectivity index (χ2n) is 7.84. The van der Waals surface area contributed by atoms with Crippen molar-refractivity contribution in [2.24, 2.45) is 17.8 Å². The fourth-order valence-electron chi connectivity index (χ4n) is 5.64. The molecule has 2 unspecified atom stereocenters. The van der Waals surface area contributed by atoms with Gasteiger partial charge in [-0.25, -0.2) is 4.89 Å². The first-order valence-electron chi connectivity index (χ1n) is 8.90. The molecule has 29 heavy (non-hydrogen) atoms. The summed E-state index contributed by atoms with van der Waals surface area (Å²) in [4.78, 5) is 33.5. The second kappa shape index (κ2) is 8.45. The zero-order valence-corrected chi connectivity index (χ0v) is 22.2. The van der Waals surface area contributed by atoms with Gasteiger partial charge in [0.15, 0.2) is 5.60 Å². The SMILES string of the molecule is COC1(c2ccc(Cl)c(OP(=O)([O-])[O-])c2)OOC12[C@@H]1CC3=C[C@H]2C[C@@H](C3)C1.[Na+].[Na+]. The maximum atomic E-state index is 11.1. The molecular weight excluding hydrogens is 441 g/mol. The third-order valence-corrected chi connectivity index (χ3v) is 7.21. The van der Waals surface area contributed by atoms with Crippen molar-refractivity contribution < 1.29 is 92.5 Å². The van der Waals surface area contributed by atoms with E-state index in [1.54, 1.807) is 6.07 Å². The minimum atomic E-state index is -5.25. The minimum absolute atomic E-state index is 0. The van der Waals surface area contributed by atoms with Crippen molar-refractivity contribution in [3.05, 3.63) is 40.4 Å². The first-order valence-corrected chi connectivity index (χ1v) is 10.7. The van der Waals surface area contributed by atoms with Gasteiger partial charge in [0, 0.05) is 24.5 Å². The van der Waals surface area contributed by atoms with Gasteiger partial charge in [-0.3, -0.25) is 0 Å². The molecule has 2 saturated carbocycles. The summed E-state index contributed by atoms with van der Waals surface area (Å²) in [7, 11) is -3.72. The number of benzene rings is 1. The molecule has 1 aromatic rings. The summed E-state index contributed by atoms with van der Waals surface area (Å²) in [6.45, 7) is 0. The van der Waals surface area contributed by atoms with E-state index in [4.69, 9.17) is 26.1 Å². The van der Waals surface area contributed by atoms with Crippen LogP contribution in [0.25, 0.3) is 0 Å². The number of methoxy groups -OCH3 is 1. The Kier molecular flexibility index (Phi) is 7.21. The third kappa shape index (κ3) is 3.68. The Morgan fingerprint density at radius 1 is 1.21 bits per heavy atom. The Balaban J connectivity index is 0.00000120. The van der Waals surface area contributed by atoms with E-state index in [1.165, 1.54) is 24.8 Å². The fourth-order valence-corrected chi connectivity index (χ4v) is 6.24. The largest absolute Gasteiger partial charge is 1.00 e. The van der Waals surface area contributed by atoms with Crippen LogP contribution in [-0.2, 0) is 24.9 Å². The first-order chi connectivity index (χ1) is 12.8. The van der Waals surface area contributed by atoms with Gasteiger partial charge in [0.2, 0.25) is 0 Å². The number of phosphoric acid groups is 1. The van der Waals surface area contributed by atoms with Gasteiger partial charge in [-0.05, 0) is 43.7 Å². The predicted octanol–water partition coefficient (Wildman–Crippen LogP) is -3.57. The Hall–Kier alpha value is 1.08. The average molecular weight is 459 g/mol. The van der Waals surface area contributed by atoms with Crippen molar-refractivity contribution in [2.75, 3.05) is 7.11 Å². The minimum Gasteiger partial charge on any atom is -0.780 e. The molecule has 7 nitrogen and oxygen atoms in total. The van der Waals surface area contributed by atoms with Crippen molar-refractivity contribution in [2.45, 2.75) is 37.1 Å². The molecule has 0 aromatic heterocycles. The number of halogens is 1. The normalized spacial score (nSPS) is 36.7. The van der Waals surface area contributed by atoms with Crippen LogP contribution in [0.1, 0.15) is 31.2 Å². The Morgan fingerprint density at radius 2 is 1.97 bits per heavy atom. The van der Waals surface area contributed by atoms with Crippen molar-refractivity contribution >= 4 is 19.4 Å². The molecule has 146 valence electrons. The van der Waals surface area contributed by atoms with Gasteiger partial charge >= 0.3 is 59.1 Å². The second-order valence-corrected chi connectivity index (χ2v) is 9.32. The predicted molar refractivity (Wildman–Crippen MR) is 90.3 cm³/mol. The Morgan fingerprint density at radius 3 is 2.52 bits per heavy atom. The molecule has 0 radical (unpaired) electrons. The summed E-state index contributed by atoms with van der Waals surface area (Å²) in [5, 5.41) is 0.0124. The monoisotopic (exact) mass is 458 g/mol. The van der Waals surface area contributed by atoms with Crippen molar-refractivity contribution in [3.8, 4) is 5.75 Å². The molecule has 0 N–H and O–H groups in total. The fraction of sp³-hybridized carbons (Fsp3) is 0.556. The summed E-state index contributed by atoms with van der Waals surface area (Å²) in [6.07, 6.45) is 6.41. The molecule has 0 amide bonds. The Labute approximate surface area is 218 Å². The first kappa shape index (κ1) is 24.7. The van der Waals surface area contributed by atoms with E-state index in [0.717, 1.165) is 25.7 Å². The molecule has 1 spiro atoms. The van der Waals surface area contributed by atoms with Crippen molar-refractivity contribution in [1.82, 2.24) is 0 Å². The molecule has 1 aliphatic heterocycles. The van der Waals surface area contributed by atoms with Crippen molar-refractivity contribution in [1.29, 1.82) is 0 Å². The summed E-state index contributed by atoms with van der Waals surface area (Å²) in [5.41, 5.74) is 1.29. The number of phosphoric ester groups is 1. The van der Waals surface area contributed by atoms with Gasteiger partial charge in [-0.1, -0.05) is 29.3 Å². The summed E-state index contributed by atoms with van der Waals surface area (Å²) >= 11 is 6.01. The van der Waals surface area contributed by atoms with E-state index in [2.05, 4.69) is 10.6 Å². The molecule has 1 saturated heterocycles. The molecule has 11 heteroatoms. The van der Waals surface area contributed by atoms with E-state index in [0.29, 0.717) is 11.5 Å². The molecule has 3 fully saturated rings. The van der Waals surface area contributed by atoms with Crippen LogP contribution in [0.15, 0.2) is 29.8 Å². The number of rotatable bonds is 4. The Bertz CT molecular complexity index is 889.